The van der Waals surface area contributed by atoms with E-state index in [4.69, 9.17) is 28.5 Å². The summed E-state index contributed by atoms with van der Waals surface area (Å²) in [7, 11) is 0. The van der Waals surface area contributed by atoms with Crippen LogP contribution in [-0.4, -0.2) is 9.38 Å². The van der Waals surface area contributed by atoms with Crippen molar-refractivity contribution in [2.24, 2.45) is 0 Å². The van der Waals surface area contributed by atoms with Crippen LogP contribution < -0.4 is 5.32 Å². The van der Waals surface area contributed by atoms with Crippen LogP contribution in [0.15, 0.2) is 42.7 Å². The summed E-state index contributed by atoms with van der Waals surface area (Å²) in [5.74, 6) is 0. The Kier molecular flexibility index (Phi) is 3.70. The molecule has 0 amide bonds. The minimum Gasteiger partial charge on any atom is -0.378 e. The highest BCUT2D eigenvalue weighted by Crippen LogP contribution is 2.23. The molecule has 0 spiro atoms. The average Bonchev–Trinajstić information content (AvgIpc) is 2.88. The highest BCUT2D eigenvalue weighted by Gasteiger charge is 2.05. The van der Waals surface area contributed by atoms with Crippen LogP contribution in [0.5, 0.6) is 0 Å². The predicted octanol–water partition coefficient (Wildman–Crippen LogP) is 4.12. The van der Waals surface area contributed by atoms with Gasteiger partial charge >= 0.3 is 0 Å². The number of aromatic nitrogens is 2. The van der Waals surface area contributed by atoms with E-state index in [1.54, 1.807) is 30.5 Å². The minimum atomic E-state index is 0.508. The molecule has 0 unspecified atom stereocenters. The van der Waals surface area contributed by atoms with Gasteiger partial charge in [0.25, 0.3) is 0 Å². The van der Waals surface area contributed by atoms with Crippen LogP contribution in [-0.2, 0) is 6.54 Å². The summed E-state index contributed by atoms with van der Waals surface area (Å²) in [6, 6.07) is 10.8. The molecule has 0 atom stereocenters. The van der Waals surface area contributed by atoms with Gasteiger partial charge in [-0.3, -0.25) is 0 Å². The highest BCUT2D eigenvalue weighted by atomic mass is 35.5. The van der Waals surface area contributed by atoms with Gasteiger partial charge in [0.1, 0.15) is 5.65 Å². The molecule has 6 heteroatoms. The lowest BCUT2D eigenvalue weighted by atomic mass is 10.2. The van der Waals surface area contributed by atoms with Gasteiger partial charge in [0.2, 0.25) is 0 Å². The number of nitriles is 1. The van der Waals surface area contributed by atoms with Crippen molar-refractivity contribution in [3.8, 4) is 6.07 Å². The molecule has 0 radical (unpaired) electrons. The largest absolute Gasteiger partial charge is 0.378 e. The van der Waals surface area contributed by atoms with Crippen molar-refractivity contribution in [2.45, 2.75) is 6.54 Å². The molecule has 0 aliphatic rings. The zero-order chi connectivity index (χ0) is 14.8. The topological polar surface area (TPSA) is 53.1 Å². The maximum atomic E-state index is 8.91. The molecule has 0 aliphatic heterocycles. The Morgan fingerprint density at radius 2 is 2.05 bits per heavy atom. The molecule has 2 aromatic heterocycles. The van der Waals surface area contributed by atoms with Gasteiger partial charge in [-0.1, -0.05) is 23.2 Å². The second kappa shape index (κ2) is 5.65. The van der Waals surface area contributed by atoms with E-state index in [1.807, 2.05) is 16.7 Å². The molecule has 0 fully saturated rings. The molecule has 21 heavy (non-hydrogen) atoms. The molecule has 3 rings (SSSR count). The van der Waals surface area contributed by atoms with Crippen molar-refractivity contribution in [1.82, 2.24) is 9.38 Å². The summed E-state index contributed by atoms with van der Waals surface area (Å²) in [5.41, 5.74) is 2.96. The van der Waals surface area contributed by atoms with Crippen molar-refractivity contribution < 1.29 is 0 Å². The monoisotopic (exact) mass is 316 g/mol. The van der Waals surface area contributed by atoms with E-state index in [0.717, 1.165) is 11.3 Å². The number of benzene rings is 1. The molecule has 2 heterocycles. The first-order valence-electron chi connectivity index (χ1n) is 6.22. The third-order valence-corrected chi connectivity index (χ3v) is 3.57. The Bertz CT molecular complexity index is 848. The number of hydrogen-bond acceptors (Lipinski definition) is 3. The molecule has 0 saturated heterocycles. The van der Waals surface area contributed by atoms with Crippen LogP contribution in [0.25, 0.3) is 5.65 Å². The molecule has 1 aromatic carbocycles. The van der Waals surface area contributed by atoms with Gasteiger partial charge in [-0.15, -0.1) is 0 Å². The van der Waals surface area contributed by atoms with Gasteiger partial charge in [0.15, 0.2) is 0 Å². The second-order valence-corrected chi connectivity index (χ2v) is 5.35. The molecular formula is C15H10Cl2N4. The van der Waals surface area contributed by atoms with Crippen molar-refractivity contribution in [3.63, 3.8) is 0 Å². The fraction of sp³-hybridized carbons (Fsp3) is 0.0667. The van der Waals surface area contributed by atoms with E-state index in [1.165, 1.54) is 0 Å². The molecule has 1 N–H and O–H groups in total. The van der Waals surface area contributed by atoms with Gasteiger partial charge in [-0.2, -0.15) is 5.26 Å². The van der Waals surface area contributed by atoms with E-state index in [0.29, 0.717) is 27.8 Å². The molecule has 0 bridgehead atoms. The molecule has 4 nitrogen and oxygen atoms in total. The van der Waals surface area contributed by atoms with Crippen LogP contribution in [0, 0.1) is 11.3 Å². The number of imidazole rings is 1. The fourth-order valence-corrected chi connectivity index (χ4v) is 2.37. The van der Waals surface area contributed by atoms with E-state index >= 15 is 0 Å². The van der Waals surface area contributed by atoms with E-state index < -0.39 is 0 Å². The number of pyridine rings is 1. The summed E-state index contributed by atoms with van der Waals surface area (Å²) < 4.78 is 1.87. The number of nitrogens with zero attached hydrogens (tertiary/aromatic N) is 3. The van der Waals surface area contributed by atoms with Crippen molar-refractivity contribution in [3.05, 3.63) is 64.0 Å². The lowest BCUT2D eigenvalue weighted by Crippen LogP contribution is -2.00. The van der Waals surface area contributed by atoms with Gasteiger partial charge in [-0.05, 0) is 30.3 Å². The Hall–Kier alpha value is -2.22. The molecular weight excluding hydrogens is 307 g/mol. The summed E-state index contributed by atoms with van der Waals surface area (Å²) in [5, 5.41) is 13.3. The first kappa shape index (κ1) is 13.7. The van der Waals surface area contributed by atoms with E-state index in [-0.39, 0.29) is 0 Å². The number of fused-ring (bicyclic) bond motifs is 1. The molecule has 0 saturated carbocycles. The van der Waals surface area contributed by atoms with Gasteiger partial charge in [0, 0.05) is 12.4 Å². The lowest BCUT2D eigenvalue weighted by Gasteiger charge is -2.06. The smallest absolute Gasteiger partial charge is 0.137 e. The quantitative estimate of drug-likeness (QED) is 0.790. The SMILES string of the molecule is N#Cc1ccc(Cl)c(NCc2cn3cc(Cl)ccc3n2)c1. The maximum Gasteiger partial charge on any atom is 0.137 e. The number of hydrogen-bond donors (Lipinski definition) is 1. The number of halogens is 2. The summed E-state index contributed by atoms with van der Waals surface area (Å²) in [6.07, 6.45) is 3.70. The van der Waals surface area contributed by atoms with Crippen LogP contribution in [0.3, 0.4) is 0 Å². The Morgan fingerprint density at radius 3 is 2.86 bits per heavy atom. The number of rotatable bonds is 3. The van der Waals surface area contributed by atoms with Crippen LogP contribution in [0.2, 0.25) is 10.0 Å². The van der Waals surface area contributed by atoms with Crippen molar-refractivity contribution in [2.75, 3.05) is 5.32 Å². The van der Waals surface area contributed by atoms with Crippen LogP contribution >= 0.6 is 23.2 Å². The lowest BCUT2D eigenvalue weighted by molar-refractivity contribution is 1.08. The van der Waals surface area contributed by atoms with Crippen LogP contribution in [0.1, 0.15) is 11.3 Å². The summed E-state index contributed by atoms with van der Waals surface area (Å²) in [4.78, 5) is 4.47. The van der Waals surface area contributed by atoms with Gasteiger partial charge in [-0.25, -0.2) is 4.98 Å². The van der Waals surface area contributed by atoms with E-state index in [2.05, 4.69) is 16.4 Å². The highest BCUT2D eigenvalue weighted by molar-refractivity contribution is 6.33. The van der Waals surface area contributed by atoms with Gasteiger partial charge < -0.3 is 9.72 Å². The zero-order valence-corrected chi connectivity index (χ0v) is 12.4. The third-order valence-electron chi connectivity index (χ3n) is 3.02. The molecule has 3 aromatic rings. The Balaban J connectivity index is 1.82. The predicted molar refractivity (Wildman–Crippen MR) is 83.7 cm³/mol. The second-order valence-electron chi connectivity index (χ2n) is 4.51. The number of nitrogens with one attached hydrogen (secondary N) is 1. The maximum absolute atomic E-state index is 8.91. The Morgan fingerprint density at radius 1 is 1.19 bits per heavy atom. The van der Waals surface area contributed by atoms with Crippen molar-refractivity contribution >= 4 is 34.5 Å². The average molecular weight is 317 g/mol. The standard InChI is InChI=1S/C15H10Cl2N4/c16-11-2-4-15-20-12(9-21(15)8-11)7-19-14-5-10(6-18)1-3-13(14)17/h1-5,8-9,19H,7H2. The Labute approximate surface area is 131 Å². The normalized spacial score (nSPS) is 10.5. The minimum absolute atomic E-state index is 0.508. The summed E-state index contributed by atoms with van der Waals surface area (Å²) in [6.45, 7) is 0.508. The molecule has 104 valence electrons. The van der Waals surface area contributed by atoms with E-state index in [9.17, 15) is 0 Å². The van der Waals surface area contributed by atoms with Crippen LogP contribution in [0.4, 0.5) is 5.69 Å². The first-order chi connectivity index (χ1) is 10.2. The van der Waals surface area contributed by atoms with Gasteiger partial charge in [0.05, 0.1) is 39.6 Å². The fourth-order valence-electron chi connectivity index (χ4n) is 2.02. The number of anilines is 1. The zero-order valence-electron chi connectivity index (χ0n) is 10.8. The third kappa shape index (κ3) is 2.94. The first-order valence-corrected chi connectivity index (χ1v) is 6.98. The molecule has 0 aliphatic carbocycles. The summed E-state index contributed by atoms with van der Waals surface area (Å²) >= 11 is 12.0. The van der Waals surface area contributed by atoms with Crippen molar-refractivity contribution in [1.29, 1.82) is 5.26 Å².